The Bertz CT molecular complexity index is 998. The predicted molar refractivity (Wildman–Crippen MR) is 111 cm³/mol. The maximum absolute atomic E-state index is 14.1. The molecule has 0 unspecified atom stereocenters. The van der Waals surface area contributed by atoms with E-state index in [0.717, 1.165) is 25.7 Å². The van der Waals surface area contributed by atoms with E-state index >= 15 is 0 Å². The van der Waals surface area contributed by atoms with Gasteiger partial charge < -0.3 is 9.73 Å². The summed E-state index contributed by atoms with van der Waals surface area (Å²) in [5.41, 5.74) is 0.920. The highest BCUT2D eigenvalue weighted by Gasteiger charge is 2.35. The van der Waals surface area contributed by atoms with Gasteiger partial charge in [-0.05, 0) is 48.7 Å². The summed E-state index contributed by atoms with van der Waals surface area (Å²) in [5, 5.41) is 3.09. The number of nitrogens with one attached hydrogen (secondary N) is 1. The van der Waals surface area contributed by atoms with Crippen molar-refractivity contribution in [2.24, 2.45) is 0 Å². The van der Waals surface area contributed by atoms with E-state index in [9.17, 15) is 14.0 Å². The molecule has 0 spiro atoms. The van der Waals surface area contributed by atoms with Gasteiger partial charge in [0.25, 0.3) is 5.91 Å². The average Bonchev–Trinajstić information content (AvgIpc) is 3.46. The monoisotopic (exact) mass is 406 g/mol. The van der Waals surface area contributed by atoms with Crippen molar-refractivity contribution in [3.05, 3.63) is 90.1 Å². The highest BCUT2D eigenvalue weighted by molar-refractivity contribution is 6.08. The zero-order valence-electron chi connectivity index (χ0n) is 16.5. The number of hydrogen-bond acceptors (Lipinski definition) is 3. The van der Waals surface area contributed by atoms with Gasteiger partial charge in [0.15, 0.2) is 5.76 Å². The lowest BCUT2D eigenvalue weighted by Crippen LogP contribution is -2.46. The van der Waals surface area contributed by atoms with E-state index in [1.54, 1.807) is 24.3 Å². The minimum absolute atomic E-state index is 0.0776. The zero-order valence-corrected chi connectivity index (χ0v) is 16.5. The molecule has 0 aliphatic heterocycles. The first-order chi connectivity index (χ1) is 14.6. The lowest BCUT2D eigenvalue weighted by atomic mass is 10.0. The van der Waals surface area contributed by atoms with Crippen LogP contribution in [-0.4, -0.2) is 17.9 Å². The molecule has 30 heavy (non-hydrogen) atoms. The summed E-state index contributed by atoms with van der Waals surface area (Å²) in [6.45, 7) is 0. The van der Waals surface area contributed by atoms with Crippen molar-refractivity contribution in [3.63, 3.8) is 0 Å². The Labute approximate surface area is 174 Å². The van der Waals surface area contributed by atoms with Crippen LogP contribution in [0.3, 0.4) is 0 Å². The highest BCUT2D eigenvalue weighted by atomic mass is 19.1. The number of nitrogens with zero attached hydrogens (tertiary/aromatic N) is 1. The van der Waals surface area contributed by atoms with Crippen molar-refractivity contribution in [3.8, 4) is 0 Å². The van der Waals surface area contributed by atoms with E-state index in [4.69, 9.17) is 4.42 Å². The first kappa shape index (κ1) is 19.9. The van der Waals surface area contributed by atoms with E-state index in [0.29, 0.717) is 5.56 Å². The van der Waals surface area contributed by atoms with Crippen LogP contribution < -0.4 is 10.2 Å². The smallest absolute Gasteiger partial charge is 0.294 e. The van der Waals surface area contributed by atoms with Crippen molar-refractivity contribution in [2.75, 3.05) is 4.90 Å². The molecule has 4 rings (SSSR count). The number of rotatable bonds is 6. The molecular formula is C24H23FN2O3. The van der Waals surface area contributed by atoms with Crippen LogP contribution in [0.25, 0.3) is 0 Å². The standard InChI is InChI=1S/C24H23FN2O3/c25-18-10-6-13-20(16-18)27(24(29)21-14-7-15-30-21)22(17-8-2-1-3-9-17)23(28)26-19-11-4-5-12-19/h1-3,6-10,13-16,19,22H,4-5,11-12H2,(H,26,28)/t22-/m0/s1. The number of benzene rings is 2. The second-order valence-electron chi connectivity index (χ2n) is 7.44. The van der Waals surface area contributed by atoms with Gasteiger partial charge in [0.1, 0.15) is 11.9 Å². The van der Waals surface area contributed by atoms with Crippen LogP contribution in [0.4, 0.5) is 10.1 Å². The lowest BCUT2D eigenvalue weighted by molar-refractivity contribution is -0.123. The molecule has 1 fully saturated rings. The summed E-state index contributed by atoms with van der Waals surface area (Å²) < 4.78 is 19.4. The van der Waals surface area contributed by atoms with Crippen LogP contribution in [0.1, 0.15) is 47.8 Å². The molecule has 1 N–H and O–H groups in total. The van der Waals surface area contributed by atoms with Gasteiger partial charge >= 0.3 is 0 Å². The molecule has 2 aromatic carbocycles. The minimum Gasteiger partial charge on any atom is -0.459 e. The van der Waals surface area contributed by atoms with Gasteiger partial charge in [-0.2, -0.15) is 0 Å². The molecule has 154 valence electrons. The predicted octanol–water partition coefficient (Wildman–Crippen LogP) is 4.87. The van der Waals surface area contributed by atoms with E-state index in [1.165, 1.54) is 35.4 Å². The second kappa shape index (κ2) is 8.95. The van der Waals surface area contributed by atoms with Gasteiger partial charge in [-0.25, -0.2) is 4.39 Å². The highest BCUT2D eigenvalue weighted by Crippen LogP contribution is 2.31. The summed E-state index contributed by atoms with van der Waals surface area (Å²) in [4.78, 5) is 28.2. The third kappa shape index (κ3) is 4.27. The molecule has 1 aliphatic rings. The summed E-state index contributed by atoms with van der Waals surface area (Å²) in [6.07, 6.45) is 5.37. The van der Waals surface area contributed by atoms with E-state index < -0.39 is 17.8 Å². The van der Waals surface area contributed by atoms with Gasteiger partial charge in [-0.15, -0.1) is 0 Å². The van der Waals surface area contributed by atoms with Crippen LogP contribution in [0.5, 0.6) is 0 Å². The second-order valence-corrected chi connectivity index (χ2v) is 7.44. The summed E-state index contributed by atoms with van der Waals surface area (Å²) >= 11 is 0. The molecule has 2 amide bonds. The lowest BCUT2D eigenvalue weighted by Gasteiger charge is -2.31. The number of hydrogen-bond donors (Lipinski definition) is 1. The fraction of sp³-hybridized carbons (Fsp3) is 0.250. The maximum Gasteiger partial charge on any atom is 0.294 e. The van der Waals surface area contributed by atoms with Gasteiger partial charge in [0.2, 0.25) is 5.91 Å². The quantitative estimate of drug-likeness (QED) is 0.636. The van der Waals surface area contributed by atoms with Crippen LogP contribution in [0.15, 0.2) is 77.4 Å². The van der Waals surface area contributed by atoms with E-state index in [-0.39, 0.29) is 23.4 Å². The minimum atomic E-state index is -0.966. The number of amides is 2. The third-order valence-electron chi connectivity index (χ3n) is 5.36. The molecule has 1 atom stereocenters. The van der Waals surface area contributed by atoms with Crippen molar-refractivity contribution < 1.29 is 18.4 Å². The number of halogens is 1. The van der Waals surface area contributed by atoms with Crippen molar-refractivity contribution in [2.45, 2.75) is 37.8 Å². The van der Waals surface area contributed by atoms with E-state index in [1.807, 2.05) is 18.2 Å². The summed E-state index contributed by atoms with van der Waals surface area (Å²) in [7, 11) is 0. The van der Waals surface area contributed by atoms with Crippen molar-refractivity contribution in [1.82, 2.24) is 5.32 Å². The molecule has 1 saturated carbocycles. The Balaban J connectivity index is 1.79. The molecule has 0 saturated heterocycles. The Morgan fingerprint density at radius 1 is 1.00 bits per heavy atom. The molecule has 1 aromatic heterocycles. The van der Waals surface area contributed by atoms with Crippen LogP contribution in [-0.2, 0) is 4.79 Å². The number of carbonyl (C=O) groups excluding carboxylic acids is 2. The molecule has 1 heterocycles. The molecular weight excluding hydrogens is 383 g/mol. The summed E-state index contributed by atoms with van der Waals surface area (Å²) in [6, 6.07) is 17.0. The largest absolute Gasteiger partial charge is 0.459 e. The fourth-order valence-corrected chi connectivity index (χ4v) is 3.93. The van der Waals surface area contributed by atoms with Gasteiger partial charge in [0.05, 0.1) is 6.26 Å². The Hall–Kier alpha value is -3.41. The molecule has 0 bridgehead atoms. The summed E-state index contributed by atoms with van der Waals surface area (Å²) in [5.74, 6) is -1.22. The Morgan fingerprint density at radius 3 is 2.43 bits per heavy atom. The van der Waals surface area contributed by atoms with Gasteiger partial charge in [-0.3, -0.25) is 14.5 Å². The maximum atomic E-state index is 14.1. The first-order valence-electron chi connectivity index (χ1n) is 10.1. The SMILES string of the molecule is O=C(NC1CCCC1)[C@H](c1ccccc1)N(C(=O)c1ccco1)c1cccc(F)c1. The van der Waals surface area contributed by atoms with E-state index in [2.05, 4.69) is 5.32 Å². The molecule has 5 nitrogen and oxygen atoms in total. The van der Waals surface area contributed by atoms with Crippen LogP contribution >= 0.6 is 0 Å². The van der Waals surface area contributed by atoms with Crippen LogP contribution in [0.2, 0.25) is 0 Å². The topological polar surface area (TPSA) is 62.6 Å². The van der Waals surface area contributed by atoms with Crippen molar-refractivity contribution >= 4 is 17.5 Å². The zero-order chi connectivity index (χ0) is 20.9. The van der Waals surface area contributed by atoms with Gasteiger partial charge in [0, 0.05) is 11.7 Å². The normalized spacial score (nSPS) is 15.0. The Kier molecular flexibility index (Phi) is 5.93. The molecule has 3 aromatic rings. The van der Waals surface area contributed by atoms with Crippen LogP contribution in [0, 0.1) is 5.82 Å². The fourth-order valence-electron chi connectivity index (χ4n) is 3.93. The van der Waals surface area contributed by atoms with Gasteiger partial charge in [-0.1, -0.05) is 49.2 Å². The third-order valence-corrected chi connectivity index (χ3v) is 5.36. The first-order valence-corrected chi connectivity index (χ1v) is 10.1. The average molecular weight is 406 g/mol. The molecule has 1 aliphatic carbocycles. The number of anilines is 1. The molecule has 6 heteroatoms. The molecule has 0 radical (unpaired) electrons. The number of furan rings is 1. The van der Waals surface area contributed by atoms with Crippen molar-refractivity contribution in [1.29, 1.82) is 0 Å². The Morgan fingerprint density at radius 2 is 1.77 bits per heavy atom. The number of carbonyl (C=O) groups is 2.